The number of hydrogen-bond acceptors (Lipinski definition) is 10. The molecule has 2 unspecified atom stereocenters. The molecule has 0 aliphatic carbocycles. The molecule has 45 heavy (non-hydrogen) atoms. The Morgan fingerprint density at radius 1 is 0.667 bits per heavy atom. The highest BCUT2D eigenvalue weighted by molar-refractivity contribution is 5.78. The fraction of sp³-hybridized carbons (Fsp3) is 0.829. The van der Waals surface area contributed by atoms with Crippen molar-refractivity contribution in [3.05, 3.63) is 12.7 Å². The summed E-state index contributed by atoms with van der Waals surface area (Å²) in [5.74, 6) is -2.82. The molecular formula is C35H62O10. The maximum Gasteiger partial charge on any atom is 0.308 e. The van der Waals surface area contributed by atoms with Crippen LogP contribution in [0.2, 0.25) is 0 Å². The average molecular weight is 643 g/mol. The Kier molecular flexibility index (Phi) is 26.3. The van der Waals surface area contributed by atoms with Crippen LogP contribution >= 0.6 is 0 Å². The lowest BCUT2D eigenvalue weighted by molar-refractivity contribution is -0.290. The van der Waals surface area contributed by atoms with E-state index in [0.717, 1.165) is 25.7 Å². The van der Waals surface area contributed by atoms with Crippen LogP contribution in [0.3, 0.4) is 0 Å². The third-order valence-electron chi connectivity index (χ3n) is 7.69. The maximum absolute atomic E-state index is 13.0. The van der Waals surface area contributed by atoms with E-state index >= 15 is 0 Å². The summed E-state index contributed by atoms with van der Waals surface area (Å²) in [6.07, 6.45) is 15.2. The summed E-state index contributed by atoms with van der Waals surface area (Å²) >= 11 is 0. The van der Waals surface area contributed by atoms with Gasteiger partial charge in [0.25, 0.3) is 0 Å². The van der Waals surface area contributed by atoms with E-state index in [-0.39, 0.29) is 57.3 Å². The van der Waals surface area contributed by atoms with Crippen LogP contribution in [0.15, 0.2) is 12.7 Å². The number of carbonyl (C=O) groups is 4. The average Bonchev–Trinajstić information content (AvgIpc) is 3.01. The van der Waals surface area contributed by atoms with Gasteiger partial charge in [-0.05, 0) is 24.7 Å². The quantitative estimate of drug-likeness (QED) is 0.0195. The van der Waals surface area contributed by atoms with Crippen molar-refractivity contribution in [3.63, 3.8) is 0 Å². The van der Waals surface area contributed by atoms with Crippen molar-refractivity contribution >= 4 is 23.9 Å². The first kappa shape index (κ1) is 42.5. The molecule has 0 aromatic rings. The van der Waals surface area contributed by atoms with Crippen molar-refractivity contribution in [3.8, 4) is 0 Å². The van der Waals surface area contributed by atoms with Crippen LogP contribution in [0.1, 0.15) is 131 Å². The standard InChI is InChI=1S/C35H62O10/c1-7-10-11-12-13-14-15-16-17-18-22-42-34(39)30(28-35(5,6)9-3)27-29(4)33(38)43-24-23-40-31(36)19-20-32(37)41-25-26-45-44-21-8-2/h8,29-30H,2,7,9-28H2,1,3-6H3. The molecule has 0 rings (SSSR count). The monoisotopic (exact) mass is 642 g/mol. The molecule has 10 nitrogen and oxygen atoms in total. The molecule has 0 aliphatic heterocycles. The molecule has 0 heterocycles. The largest absolute Gasteiger partial charge is 0.465 e. The summed E-state index contributed by atoms with van der Waals surface area (Å²) in [6.45, 7) is 14.2. The van der Waals surface area contributed by atoms with Crippen LogP contribution in [0.5, 0.6) is 0 Å². The molecule has 262 valence electrons. The number of esters is 4. The Labute approximate surface area is 272 Å². The summed E-state index contributed by atoms with van der Waals surface area (Å²) in [5, 5.41) is 0. The van der Waals surface area contributed by atoms with Crippen LogP contribution in [0.4, 0.5) is 0 Å². The van der Waals surface area contributed by atoms with Crippen molar-refractivity contribution in [1.82, 2.24) is 0 Å². The highest BCUT2D eigenvalue weighted by atomic mass is 17.2. The third kappa shape index (κ3) is 25.4. The molecule has 0 saturated carbocycles. The molecular weight excluding hydrogens is 580 g/mol. The van der Waals surface area contributed by atoms with Gasteiger partial charge in [0.15, 0.2) is 0 Å². The van der Waals surface area contributed by atoms with Crippen LogP contribution in [0, 0.1) is 17.3 Å². The van der Waals surface area contributed by atoms with Gasteiger partial charge in [-0.15, -0.1) is 6.58 Å². The van der Waals surface area contributed by atoms with Gasteiger partial charge in [0.2, 0.25) is 0 Å². The molecule has 0 aromatic heterocycles. The van der Waals surface area contributed by atoms with Gasteiger partial charge in [-0.2, -0.15) is 0 Å². The minimum atomic E-state index is -0.603. The van der Waals surface area contributed by atoms with Gasteiger partial charge in [-0.1, -0.05) is 105 Å². The van der Waals surface area contributed by atoms with E-state index in [0.29, 0.717) is 19.4 Å². The Morgan fingerprint density at radius 3 is 1.73 bits per heavy atom. The maximum atomic E-state index is 13.0. The first-order chi connectivity index (χ1) is 21.6. The van der Waals surface area contributed by atoms with Gasteiger partial charge < -0.3 is 18.9 Å². The summed E-state index contributed by atoms with van der Waals surface area (Å²) in [5.41, 5.74) is -0.0708. The van der Waals surface area contributed by atoms with Crippen LogP contribution in [-0.4, -0.2) is 63.5 Å². The lowest BCUT2D eigenvalue weighted by Gasteiger charge is -2.28. The number of hydrogen-bond donors (Lipinski definition) is 0. The molecule has 0 fully saturated rings. The van der Waals surface area contributed by atoms with Gasteiger partial charge in [0, 0.05) is 0 Å². The zero-order valence-electron chi connectivity index (χ0n) is 28.9. The summed E-state index contributed by atoms with van der Waals surface area (Å²) in [4.78, 5) is 58.7. The van der Waals surface area contributed by atoms with E-state index in [1.165, 1.54) is 51.0 Å². The lowest BCUT2D eigenvalue weighted by atomic mass is 9.78. The van der Waals surface area contributed by atoms with Gasteiger partial charge in [0.05, 0.1) is 31.3 Å². The number of ether oxygens (including phenoxy) is 4. The highest BCUT2D eigenvalue weighted by Gasteiger charge is 2.31. The van der Waals surface area contributed by atoms with E-state index in [2.05, 4.69) is 34.3 Å². The van der Waals surface area contributed by atoms with Crippen LogP contribution in [-0.2, 0) is 47.9 Å². The highest BCUT2D eigenvalue weighted by Crippen LogP contribution is 2.33. The third-order valence-corrected chi connectivity index (χ3v) is 7.69. The minimum Gasteiger partial charge on any atom is -0.465 e. The first-order valence-corrected chi connectivity index (χ1v) is 17.1. The van der Waals surface area contributed by atoms with E-state index in [4.69, 9.17) is 28.7 Å². The Balaban J connectivity index is 4.34. The zero-order chi connectivity index (χ0) is 33.8. The fourth-order valence-electron chi connectivity index (χ4n) is 4.61. The second-order valence-electron chi connectivity index (χ2n) is 12.4. The number of carbonyl (C=O) groups excluding carboxylic acids is 4. The molecule has 0 aromatic carbocycles. The molecule has 0 bridgehead atoms. The number of rotatable bonds is 30. The topological polar surface area (TPSA) is 124 Å². The summed E-state index contributed by atoms with van der Waals surface area (Å²) in [7, 11) is 0. The van der Waals surface area contributed by atoms with Crippen LogP contribution < -0.4 is 0 Å². The van der Waals surface area contributed by atoms with Gasteiger partial charge in [-0.3, -0.25) is 19.2 Å². The molecule has 0 amide bonds. The summed E-state index contributed by atoms with van der Waals surface area (Å²) in [6, 6.07) is 0. The Bertz CT molecular complexity index is 810. The van der Waals surface area contributed by atoms with Gasteiger partial charge in [0.1, 0.15) is 33.0 Å². The van der Waals surface area contributed by atoms with Crippen molar-refractivity contribution in [1.29, 1.82) is 0 Å². The smallest absolute Gasteiger partial charge is 0.308 e. The molecule has 10 heteroatoms. The predicted octanol–water partition coefficient (Wildman–Crippen LogP) is 7.46. The predicted molar refractivity (Wildman–Crippen MR) is 173 cm³/mol. The Hall–Kier alpha value is -2.46. The van der Waals surface area contributed by atoms with E-state index in [9.17, 15) is 19.2 Å². The zero-order valence-corrected chi connectivity index (χ0v) is 28.9. The summed E-state index contributed by atoms with van der Waals surface area (Å²) < 4.78 is 20.9. The minimum absolute atomic E-state index is 0.00691. The molecule has 0 spiro atoms. The van der Waals surface area contributed by atoms with E-state index in [1.54, 1.807) is 6.92 Å². The van der Waals surface area contributed by atoms with Gasteiger partial charge in [-0.25, -0.2) is 9.78 Å². The molecule has 0 saturated heterocycles. The second-order valence-corrected chi connectivity index (χ2v) is 12.4. The van der Waals surface area contributed by atoms with Crippen molar-refractivity contribution in [2.45, 2.75) is 131 Å². The second kappa shape index (κ2) is 27.8. The SMILES string of the molecule is C=CCOOCCOC(=O)CCC(=O)OCCOC(=O)C(C)CC(CC(C)(C)CC)C(=O)OCCCCCCCCCCCC. The number of unbranched alkanes of at least 4 members (excludes halogenated alkanes) is 9. The van der Waals surface area contributed by atoms with Crippen molar-refractivity contribution in [2.24, 2.45) is 17.3 Å². The molecule has 0 radical (unpaired) electrons. The van der Waals surface area contributed by atoms with E-state index < -0.39 is 29.7 Å². The normalized spacial score (nSPS) is 12.6. The lowest BCUT2D eigenvalue weighted by Crippen LogP contribution is -2.29. The molecule has 0 N–H and O–H groups in total. The molecule has 2 atom stereocenters. The fourth-order valence-corrected chi connectivity index (χ4v) is 4.61. The molecule has 0 aliphatic rings. The van der Waals surface area contributed by atoms with Crippen LogP contribution in [0.25, 0.3) is 0 Å². The van der Waals surface area contributed by atoms with Gasteiger partial charge >= 0.3 is 23.9 Å². The van der Waals surface area contributed by atoms with Crippen molar-refractivity contribution < 1.29 is 47.9 Å². The van der Waals surface area contributed by atoms with Crippen molar-refractivity contribution in [2.75, 3.05) is 39.6 Å². The first-order valence-electron chi connectivity index (χ1n) is 17.1. The Morgan fingerprint density at radius 2 is 1.18 bits per heavy atom. The van der Waals surface area contributed by atoms with E-state index in [1.807, 2.05) is 0 Å².